The van der Waals surface area contributed by atoms with Gasteiger partial charge >= 0.3 is 6.18 Å². The molecule has 3 N–H and O–H groups in total. The summed E-state index contributed by atoms with van der Waals surface area (Å²) in [6, 6.07) is 7.58. The molecule has 0 aliphatic carbocycles. The van der Waals surface area contributed by atoms with E-state index in [2.05, 4.69) is 16.9 Å². The first-order valence-electron chi connectivity index (χ1n) is 10.1. The van der Waals surface area contributed by atoms with Crippen LogP contribution in [0.1, 0.15) is 23.2 Å². The molecule has 0 saturated heterocycles. The number of pyridine rings is 1. The maximum atomic E-state index is 13.8. The van der Waals surface area contributed by atoms with Crippen LogP contribution in [-0.2, 0) is 12.6 Å². The molecule has 1 aromatic heterocycles. The minimum absolute atomic E-state index is 0.0366. The number of halogens is 3. The molecule has 0 radical (unpaired) electrons. The van der Waals surface area contributed by atoms with Crippen molar-refractivity contribution in [1.82, 2.24) is 14.8 Å². The number of nitrogens with two attached hydrogens (primary N) is 1. The summed E-state index contributed by atoms with van der Waals surface area (Å²) >= 11 is 0. The molecular formula is C23H29F3N6. The van der Waals surface area contributed by atoms with Gasteiger partial charge in [0.15, 0.2) is 5.69 Å². The highest BCUT2D eigenvalue weighted by atomic mass is 19.4. The van der Waals surface area contributed by atoms with Crippen LogP contribution in [0, 0.1) is 11.3 Å². The molecule has 9 heteroatoms. The fourth-order valence-corrected chi connectivity index (χ4v) is 3.36. The van der Waals surface area contributed by atoms with Gasteiger partial charge in [-0.25, -0.2) is 4.98 Å². The Bertz CT molecular complexity index is 1010. The molecule has 0 amide bonds. The number of hydrogen-bond donors (Lipinski definition) is 2. The van der Waals surface area contributed by atoms with Gasteiger partial charge in [0, 0.05) is 38.4 Å². The summed E-state index contributed by atoms with van der Waals surface area (Å²) in [7, 11) is 7.38. The summed E-state index contributed by atoms with van der Waals surface area (Å²) in [6.45, 7) is 5.30. The average Bonchev–Trinajstić information content (AvgIpc) is 2.72. The van der Waals surface area contributed by atoms with Gasteiger partial charge in [0.1, 0.15) is 6.07 Å². The lowest BCUT2D eigenvalue weighted by molar-refractivity contribution is -0.138. The molecule has 0 spiro atoms. The Kier molecular flexibility index (Phi) is 8.11. The second-order valence-electron chi connectivity index (χ2n) is 7.88. The van der Waals surface area contributed by atoms with E-state index in [4.69, 9.17) is 5.73 Å². The third-order valence-electron chi connectivity index (χ3n) is 5.12. The topological polar surface area (TPSA) is 81.2 Å². The number of nitrogens with one attached hydrogen (secondary N) is 1. The van der Waals surface area contributed by atoms with Gasteiger partial charge < -0.3 is 20.9 Å². The van der Waals surface area contributed by atoms with Gasteiger partial charge in [-0.15, -0.1) is 0 Å². The number of nitrogens with zero attached hydrogens (tertiary/aromatic N) is 4. The van der Waals surface area contributed by atoms with Gasteiger partial charge in [0.2, 0.25) is 0 Å². The largest absolute Gasteiger partial charge is 0.416 e. The van der Waals surface area contributed by atoms with E-state index in [1.54, 1.807) is 13.1 Å². The SMILES string of the molecule is C=C(CN(C)C)N(C)CCCc1ccc(-c2cc(NC)c(N)c(C#N)n2)cc1C(F)(F)F. The highest BCUT2D eigenvalue weighted by Gasteiger charge is 2.33. The van der Waals surface area contributed by atoms with Crippen LogP contribution in [0.5, 0.6) is 0 Å². The summed E-state index contributed by atoms with van der Waals surface area (Å²) in [5.41, 5.74) is 7.36. The normalized spacial score (nSPS) is 11.3. The summed E-state index contributed by atoms with van der Waals surface area (Å²) in [5, 5.41) is 12.1. The van der Waals surface area contributed by atoms with Crippen molar-refractivity contribution >= 4 is 11.4 Å². The minimum atomic E-state index is -4.51. The summed E-state index contributed by atoms with van der Waals surface area (Å²) in [6.07, 6.45) is -3.69. The van der Waals surface area contributed by atoms with Gasteiger partial charge in [-0.3, -0.25) is 0 Å². The van der Waals surface area contributed by atoms with Crippen molar-refractivity contribution in [1.29, 1.82) is 5.26 Å². The van der Waals surface area contributed by atoms with E-state index in [0.717, 1.165) is 11.8 Å². The minimum Gasteiger partial charge on any atom is -0.395 e. The molecule has 0 saturated carbocycles. The first kappa shape index (κ1) is 25.0. The summed E-state index contributed by atoms with van der Waals surface area (Å²) < 4.78 is 41.5. The van der Waals surface area contributed by atoms with E-state index in [-0.39, 0.29) is 34.6 Å². The molecule has 6 nitrogen and oxygen atoms in total. The predicted molar refractivity (Wildman–Crippen MR) is 122 cm³/mol. The van der Waals surface area contributed by atoms with Gasteiger partial charge in [-0.05, 0) is 44.6 Å². The molecule has 172 valence electrons. The molecular weight excluding hydrogens is 417 g/mol. The van der Waals surface area contributed by atoms with E-state index >= 15 is 0 Å². The molecule has 2 aromatic rings. The maximum Gasteiger partial charge on any atom is 0.416 e. The Morgan fingerprint density at radius 1 is 1.25 bits per heavy atom. The number of benzene rings is 1. The van der Waals surface area contributed by atoms with Crippen molar-refractivity contribution in [3.8, 4) is 17.3 Å². The molecule has 1 aromatic carbocycles. The van der Waals surface area contributed by atoms with Crippen LogP contribution < -0.4 is 11.1 Å². The zero-order chi connectivity index (χ0) is 24.1. The number of hydrogen-bond acceptors (Lipinski definition) is 6. The fourth-order valence-electron chi connectivity index (χ4n) is 3.36. The van der Waals surface area contributed by atoms with Gasteiger partial charge in [0.05, 0.1) is 22.6 Å². The summed E-state index contributed by atoms with van der Waals surface area (Å²) in [5.74, 6) is 0. The van der Waals surface area contributed by atoms with E-state index in [0.29, 0.717) is 25.2 Å². The number of rotatable bonds is 9. The molecule has 0 unspecified atom stereocenters. The van der Waals surface area contributed by atoms with Crippen molar-refractivity contribution in [3.05, 3.63) is 53.4 Å². The molecule has 0 aliphatic rings. The second-order valence-corrected chi connectivity index (χ2v) is 7.88. The fraction of sp³-hybridized carbons (Fsp3) is 0.391. The number of nitriles is 1. The van der Waals surface area contributed by atoms with Crippen molar-refractivity contribution in [2.45, 2.75) is 19.0 Å². The molecule has 0 fully saturated rings. The number of nitrogen functional groups attached to an aromatic ring is 1. The van der Waals surface area contributed by atoms with Crippen molar-refractivity contribution in [3.63, 3.8) is 0 Å². The van der Waals surface area contributed by atoms with Crippen molar-refractivity contribution < 1.29 is 13.2 Å². The Morgan fingerprint density at radius 2 is 1.94 bits per heavy atom. The van der Waals surface area contributed by atoms with Gasteiger partial charge in [0.25, 0.3) is 0 Å². The number of anilines is 2. The Morgan fingerprint density at radius 3 is 2.50 bits per heavy atom. The van der Waals surface area contributed by atoms with Crippen LogP contribution in [0.2, 0.25) is 0 Å². The smallest absolute Gasteiger partial charge is 0.395 e. The van der Waals surface area contributed by atoms with Crippen LogP contribution in [0.3, 0.4) is 0 Å². The van der Waals surface area contributed by atoms with Crippen molar-refractivity contribution in [2.24, 2.45) is 0 Å². The molecule has 32 heavy (non-hydrogen) atoms. The number of likely N-dealkylation sites (N-methyl/N-ethyl adjacent to an activating group) is 2. The lowest BCUT2D eigenvalue weighted by atomic mass is 9.97. The third kappa shape index (κ3) is 6.14. The zero-order valence-electron chi connectivity index (χ0n) is 18.8. The predicted octanol–water partition coefficient (Wildman–Crippen LogP) is 4.20. The highest BCUT2D eigenvalue weighted by molar-refractivity contribution is 5.77. The van der Waals surface area contributed by atoms with Crippen LogP contribution in [0.25, 0.3) is 11.3 Å². The molecule has 1 heterocycles. The first-order chi connectivity index (χ1) is 15.0. The monoisotopic (exact) mass is 446 g/mol. The van der Waals surface area contributed by atoms with E-state index in [1.807, 2.05) is 37.0 Å². The van der Waals surface area contributed by atoms with Gasteiger partial charge in [-0.1, -0.05) is 18.7 Å². The van der Waals surface area contributed by atoms with Crippen LogP contribution in [0.15, 0.2) is 36.5 Å². The molecule has 0 aliphatic heterocycles. The quantitative estimate of drug-likeness (QED) is 0.601. The van der Waals surface area contributed by atoms with E-state index in [9.17, 15) is 18.4 Å². The van der Waals surface area contributed by atoms with Crippen LogP contribution in [0.4, 0.5) is 24.5 Å². The Labute approximate surface area is 187 Å². The molecule has 2 rings (SSSR count). The standard InChI is InChI=1S/C23H29F3N6/c1-15(14-31(3)4)32(5)10-6-7-16-8-9-17(11-18(16)23(24,25)26)19-12-20(29-2)22(28)21(13-27)30-19/h8-9,11-12H,1,6-7,10,14,28H2,2-5H3,(H,29,30). The Hall–Kier alpha value is -3.25. The summed E-state index contributed by atoms with van der Waals surface area (Å²) in [4.78, 5) is 8.09. The lowest BCUT2D eigenvalue weighted by Crippen LogP contribution is -2.27. The number of aryl methyl sites for hydroxylation is 1. The average molecular weight is 447 g/mol. The van der Waals surface area contributed by atoms with E-state index < -0.39 is 11.7 Å². The Balaban J connectivity index is 2.30. The van der Waals surface area contributed by atoms with E-state index in [1.165, 1.54) is 12.1 Å². The zero-order valence-corrected chi connectivity index (χ0v) is 18.8. The highest BCUT2D eigenvalue weighted by Crippen LogP contribution is 2.36. The lowest BCUT2D eigenvalue weighted by Gasteiger charge is -2.24. The van der Waals surface area contributed by atoms with Crippen molar-refractivity contribution in [2.75, 3.05) is 52.3 Å². The number of aromatic nitrogens is 1. The first-order valence-corrected chi connectivity index (χ1v) is 10.1. The number of alkyl halides is 3. The van der Waals surface area contributed by atoms with Crippen LogP contribution in [-0.4, -0.2) is 56.1 Å². The van der Waals surface area contributed by atoms with Gasteiger partial charge in [-0.2, -0.15) is 18.4 Å². The molecule has 0 bridgehead atoms. The third-order valence-corrected chi connectivity index (χ3v) is 5.12. The second kappa shape index (κ2) is 10.4. The van der Waals surface area contributed by atoms with Crippen LogP contribution >= 0.6 is 0 Å². The maximum absolute atomic E-state index is 13.8. The molecule has 0 atom stereocenters.